The first kappa shape index (κ1) is 23.5. The summed E-state index contributed by atoms with van der Waals surface area (Å²) in [7, 11) is 3.43. The van der Waals surface area contributed by atoms with Crippen molar-refractivity contribution >= 4 is 40.6 Å². The van der Waals surface area contributed by atoms with Crippen molar-refractivity contribution in [2.45, 2.75) is 49.7 Å². The third-order valence-electron chi connectivity index (χ3n) is 5.74. The Kier molecular flexibility index (Phi) is 7.82. The van der Waals surface area contributed by atoms with E-state index in [1.165, 1.54) is 40.8 Å². The molecule has 7 nitrogen and oxygen atoms in total. The summed E-state index contributed by atoms with van der Waals surface area (Å²) in [5, 5.41) is 14.8. The number of amides is 2. The molecular formula is C24H29N5O2S2. The van der Waals surface area contributed by atoms with Crippen molar-refractivity contribution in [2.24, 2.45) is 0 Å². The highest BCUT2D eigenvalue weighted by Gasteiger charge is 2.24. The van der Waals surface area contributed by atoms with E-state index in [1.807, 2.05) is 0 Å². The lowest BCUT2D eigenvalue weighted by Crippen LogP contribution is -2.21. The number of carbonyl (C=O) groups is 2. The molecule has 0 atom stereocenters. The van der Waals surface area contributed by atoms with Gasteiger partial charge in [0.05, 0.1) is 5.75 Å². The second-order valence-corrected chi connectivity index (χ2v) is 10.4. The second-order valence-electron chi connectivity index (χ2n) is 8.43. The first-order valence-electron chi connectivity index (χ1n) is 11.2. The Balaban J connectivity index is 1.41. The van der Waals surface area contributed by atoms with E-state index >= 15 is 0 Å². The van der Waals surface area contributed by atoms with Gasteiger partial charge in [-0.05, 0) is 48.6 Å². The number of thioether (sulfide) groups is 1. The Labute approximate surface area is 202 Å². The molecule has 0 unspecified atom stereocenters. The molecule has 1 saturated carbocycles. The molecule has 1 aliphatic rings. The van der Waals surface area contributed by atoms with E-state index in [1.54, 1.807) is 49.7 Å². The summed E-state index contributed by atoms with van der Waals surface area (Å²) in [5.41, 5.74) is 1.26. The monoisotopic (exact) mass is 483 g/mol. The van der Waals surface area contributed by atoms with Crippen molar-refractivity contribution in [2.75, 3.05) is 25.2 Å². The molecule has 174 valence electrons. The van der Waals surface area contributed by atoms with Gasteiger partial charge in [0.2, 0.25) is 5.91 Å². The van der Waals surface area contributed by atoms with E-state index in [9.17, 15) is 9.59 Å². The molecule has 4 rings (SSSR count). The maximum absolute atomic E-state index is 12.6. The molecule has 1 fully saturated rings. The average molecular weight is 484 g/mol. The van der Waals surface area contributed by atoms with Crippen LogP contribution in [0.15, 0.2) is 46.9 Å². The fourth-order valence-electron chi connectivity index (χ4n) is 4.08. The van der Waals surface area contributed by atoms with Gasteiger partial charge in [0.1, 0.15) is 5.82 Å². The highest BCUT2D eigenvalue weighted by molar-refractivity contribution is 7.99. The van der Waals surface area contributed by atoms with E-state index in [2.05, 4.69) is 37.6 Å². The number of thiophene rings is 1. The number of nitrogens with one attached hydrogen (secondary N) is 1. The molecule has 1 aliphatic carbocycles. The summed E-state index contributed by atoms with van der Waals surface area (Å²) in [4.78, 5) is 27.4. The largest absolute Gasteiger partial charge is 0.345 e. The zero-order valence-electron chi connectivity index (χ0n) is 19.0. The molecule has 33 heavy (non-hydrogen) atoms. The Morgan fingerprint density at radius 2 is 1.88 bits per heavy atom. The molecule has 0 saturated heterocycles. The Hall–Kier alpha value is -2.65. The molecular weight excluding hydrogens is 454 g/mol. The smallest absolute Gasteiger partial charge is 0.253 e. The number of hydrogen-bond acceptors (Lipinski definition) is 6. The first-order valence-corrected chi connectivity index (χ1v) is 13.1. The topological polar surface area (TPSA) is 80.1 Å². The fourth-order valence-corrected chi connectivity index (χ4v) is 5.61. The van der Waals surface area contributed by atoms with Crippen LogP contribution in [0.4, 0.5) is 5.69 Å². The van der Waals surface area contributed by atoms with Crippen LogP contribution in [-0.4, -0.2) is 51.3 Å². The minimum atomic E-state index is -0.107. The zero-order chi connectivity index (χ0) is 23.2. The van der Waals surface area contributed by atoms with Gasteiger partial charge in [0.15, 0.2) is 5.16 Å². The molecule has 0 radical (unpaired) electrons. The van der Waals surface area contributed by atoms with E-state index in [-0.39, 0.29) is 17.6 Å². The summed E-state index contributed by atoms with van der Waals surface area (Å²) in [6.07, 6.45) is 6.76. The maximum Gasteiger partial charge on any atom is 0.253 e. The SMILES string of the molecule is CN(C)C(=O)c1ccc(NC(=O)CSc2nnc(Cc3cccs3)n2C2CCCCC2)cc1. The minimum absolute atomic E-state index is 0.0659. The lowest BCUT2D eigenvalue weighted by molar-refractivity contribution is -0.113. The molecule has 2 amide bonds. The van der Waals surface area contributed by atoms with Crippen molar-refractivity contribution < 1.29 is 9.59 Å². The van der Waals surface area contributed by atoms with E-state index in [4.69, 9.17) is 0 Å². The standard InChI is InChI=1S/C24H29N5O2S2/c1-28(2)23(31)17-10-12-18(13-11-17)25-22(30)16-33-24-27-26-21(15-20-9-6-14-32-20)29(24)19-7-4-3-5-8-19/h6,9-14,19H,3-5,7-8,15-16H2,1-2H3,(H,25,30). The Morgan fingerprint density at radius 3 is 2.55 bits per heavy atom. The molecule has 9 heteroatoms. The van der Waals surface area contributed by atoms with Crippen molar-refractivity contribution in [1.82, 2.24) is 19.7 Å². The predicted molar refractivity (Wildman–Crippen MR) is 133 cm³/mol. The van der Waals surface area contributed by atoms with Gasteiger partial charge in [-0.2, -0.15) is 0 Å². The molecule has 0 aliphatic heterocycles. The van der Waals surface area contributed by atoms with Crippen LogP contribution >= 0.6 is 23.1 Å². The summed E-state index contributed by atoms with van der Waals surface area (Å²) >= 11 is 3.16. The highest BCUT2D eigenvalue weighted by atomic mass is 32.2. The van der Waals surface area contributed by atoms with Crippen LogP contribution < -0.4 is 5.32 Å². The van der Waals surface area contributed by atoms with E-state index < -0.39 is 0 Å². The molecule has 2 heterocycles. The number of benzene rings is 1. The number of anilines is 1. The number of nitrogens with zero attached hydrogens (tertiary/aromatic N) is 4. The van der Waals surface area contributed by atoms with Gasteiger partial charge in [0.25, 0.3) is 5.91 Å². The number of aromatic nitrogens is 3. The van der Waals surface area contributed by atoms with Crippen LogP contribution in [0.1, 0.15) is 59.2 Å². The van der Waals surface area contributed by atoms with Gasteiger partial charge in [-0.25, -0.2) is 0 Å². The maximum atomic E-state index is 12.6. The van der Waals surface area contributed by atoms with Crippen LogP contribution in [0.25, 0.3) is 0 Å². The number of rotatable bonds is 8. The average Bonchev–Trinajstić information content (AvgIpc) is 3.48. The first-order chi connectivity index (χ1) is 16.0. The normalized spacial score (nSPS) is 14.2. The van der Waals surface area contributed by atoms with Crippen LogP contribution in [0.2, 0.25) is 0 Å². The minimum Gasteiger partial charge on any atom is -0.345 e. The van der Waals surface area contributed by atoms with Crippen molar-refractivity contribution in [1.29, 1.82) is 0 Å². The van der Waals surface area contributed by atoms with Crippen LogP contribution in [0, 0.1) is 0 Å². The third-order valence-corrected chi connectivity index (χ3v) is 7.56. The lowest BCUT2D eigenvalue weighted by atomic mass is 9.95. The van der Waals surface area contributed by atoms with Gasteiger partial charge >= 0.3 is 0 Å². The van der Waals surface area contributed by atoms with Gasteiger partial charge in [-0.15, -0.1) is 21.5 Å². The molecule has 2 aromatic heterocycles. The van der Waals surface area contributed by atoms with Crippen LogP contribution in [0.3, 0.4) is 0 Å². The molecule has 1 aromatic carbocycles. The summed E-state index contributed by atoms with van der Waals surface area (Å²) in [5.74, 6) is 1.06. The van der Waals surface area contributed by atoms with Crippen LogP contribution in [-0.2, 0) is 11.2 Å². The van der Waals surface area contributed by atoms with Crippen molar-refractivity contribution in [3.05, 3.63) is 58.0 Å². The number of carbonyl (C=O) groups excluding carboxylic acids is 2. The number of hydrogen-bond donors (Lipinski definition) is 1. The lowest BCUT2D eigenvalue weighted by Gasteiger charge is -2.25. The summed E-state index contributed by atoms with van der Waals surface area (Å²) < 4.78 is 2.28. The van der Waals surface area contributed by atoms with E-state index in [0.29, 0.717) is 17.3 Å². The summed E-state index contributed by atoms with van der Waals surface area (Å²) in [6, 6.07) is 11.5. The van der Waals surface area contributed by atoms with Crippen molar-refractivity contribution in [3.8, 4) is 0 Å². The fraction of sp³-hybridized carbons (Fsp3) is 0.417. The summed E-state index contributed by atoms with van der Waals surface area (Å²) in [6.45, 7) is 0. The molecule has 0 bridgehead atoms. The molecule has 3 aromatic rings. The van der Waals surface area contributed by atoms with Gasteiger partial charge in [0, 0.05) is 42.7 Å². The van der Waals surface area contributed by atoms with Crippen molar-refractivity contribution in [3.63, 3.8) is 0 Å². The second kappa shape index (κ2) is 11.0. The predicted octanol–water partition coefficient (Wildman–Crippen LogP) is 4.87. The Bertz CT molecular complexity index is 1070. The van der Waals surface area contributed by atoms with Gasteiger partial charge in [-0.1, -0.05) is 37.1 Å². The van der Waals surface area contributed by atoms with Gasteiger partial charge in [-0.3, -0.25) is 9.59 Å². The van der Waals surface area contributed by atoms with E-state index in [0.717, 1.165) is 30.2 Å². The molecule has 1 N–H and O–H groups in total. The zero-order valence-corrected chi connectivity index (χ0v) is 20.6. The highest BCUT2D eigenvalue weighted by Crippen LogP contribution is 2.33. The molecule has 0 spiro atoms. The van der Waals surface area contributed by atoms with Gasteiger partial charge < -0.3 is 14.8 Å². The third kappa shape index (κ3) is 6.03. The van der Waals surface area contributed by atoms with Crippen LogP contribution in [0.5, 0.6) is 0 Å². The Morgan fingerprint density at radius 1 is 1.12 bits per heavy atom. The quantitative estimate of drug-likeness (QED) is 0.463.